The van der Waals surface area contributed by atoms with Crippen molar-refractivity contribution in [2.45, 2.75) is 39.0 Å². The molecule has 2 aromatic rings. The van der Waals surface area contributed by atoms with Crippen LogP contribution in [0.25, 0.3) is 0 Å². The van der Waals surface area contributed by atoms with Gasteiger partial charge in [0.1, 0.15) is 5.78 Å². The van der Waals surface area contributed by atoms with Crippen LogP contribution in [0.15, 0.2) is 28.8 Å². The smallest absolute Gasteiger partial charge is 0.234 e. The molecule has 0 saturated carbocycles. The van der Waals surface area contributed by atoms with E-state index >= 15 is 0 Å². The summed E-state index contributed by atoms with van der Waals surface area (Å²) in [5.74, 6) is 1.89. The predicted octanol–water partition coefficient (Wildman–Crippen LogP) is 2.92. The van der Waals surface area contributed by atoms with Gasteiger partial charge >= 0.3 is 0 Å². The average Bonchev–Trinajstić information content (AvgIpc) is 2.77. The first-order valence-corrected chi connectivity index (χ1v) is 7.05. The third-order valence-electron chi connectivity index (χ3n) is 3.63. The van der Waals surface area contributed by atoms with Gasteiger partial charge in [-0.2, -0.15) is 4.98 Å². The quantitative estimate of drug-likeness (QED) is 0.838. The van der Waals surface area contributed by atoms with Crippen molar-refractivity contribution in [3.8, 4) is 0 Å². The number of hydrogen-bond donors (Lipinski definition) is 0. The normalized spacial score (nSPS) is 16.9. The first-order chi connectivity index (χ1) is 9.63. The first kappa shape index (κ1) is 13.0. The second-order valence-electron chi connectivity index (χ2n) is 5.82. The molecule has 0 bridgehead atoms. The third-order valence-corrected chi connectivity index (χ3v) is 3.63. The van der Waals surface area contributed by atoms with Crippen molar-refractivity contribution >= 4 is 5.78 Å². The van der Waals surface area contributed by atoms with Crippen molar-refractivity contribution in [2.75, 3.05) is 0 Å². The standard InChI is InChI=1S/C16H18N2O2/c1-10(2)7-12(19)9-15-17-16(18-20-15)14-8-11-5-3-4-6-13(11)14/h3-6,10,14H,7-9H2,1-2H3. The molecule has 0 fully saturated rings. The van der Waals surface area contributed by atoms with Crippen molar-refractivity contribution in [1.82, 2.24) is 10.1 Å². The molecule has 1 aliphatic carbocycles. The zero-order valence-corrected chi connectivity index (χ0v) is 11.8. The van der Waals surface area contributed by atoms with E-state index in [-0.39, 0.29) is 18.1 Å². The number of benzene rings is 1. The summed E-state index contributed by atoms with van der Waals surface area (Å²) in [4.78, 5) is 16.1. The van der Waals surface area contributed by atoms with E-state index in [0.717, 1.165) is 6.42 Å². The van der Waals surface area contributed by atoms with Gasteiger partial charge in [0.2, 0.25) is 5.89 Å². The Hall–Kier alpha value is -1.97. The van der Waals surface area contributed by atoms with Crippen molar-refractivity contribution in [3.05, 3.63) is 47.1 Å². The van der Waals surface area contributed by atoms with Crippen LogP contribution in [-0.4, -0.2) is 15.9 Å². The SMILES string of the molecule is CC(C)CC(=O)Cc1nc(C2Cc3ccccc32)no1. The van der Waals surface area contributed by atoms with Crippen LogP contribution < -0.4 is 0 Å². The van der Waals surface area contributed by atoms with Crippen molar-refractivity contribution in [3.63, 3.8) is 0 Å². The fourth-order valence-corrected chi connectivity index (χ4v) is 2.67. The van der Waals surface area contributed by atoms with Crippen LogP contribution in [0.3, 0.4) is 0 Å². The van der Waals surface area contributed by atoms with E-state index in [2.05, 4.69) is 22.3 Å². The van der Waals surface area contributed by atoms with Crippen LogP contribution in [0.4, 0.5) is 0 Å². The van der Waals surface area contributed by atoms with Gasteiger partial charge in [-0.25, -0.2) is 0 Å². The monoisotopic (exact) mass is 270 g/mol. The van der Waals surface area contributed by atoms with Crippen LogP contribution in [0, 0.1) is 5.92 Å². The molecular weight excluding hydrogens is 252 g/mol. The number of carbonyl (C=O) groups excluding carboxylic acids is 1. The maximum atomic E-state index is 11.8. The zero-order chi connectivity index (χ0) is 14.1. The molecule has 1 aromatic carbocycles. The van der Waals surface area contributed by atoms with Gasteiger partial charge in [-0.3, -0.25) is 4.79 Å². The van der Waals surface area contributed by atoms with E-state index in [0.29, 0.717) is 24.1 Å². The minimum Gasteiger partial charge on any atom is -0.339 e. The maximum absolute atomic E-state index is 11.8. The Morgan fingerprint density at radius 1 is 1.40 bits per heavy atom. The summed E-state index contributed by atoms with van der Waals surface area (Å²) in [7, 11) is 0. The lowest BCUT2D eigenvalue weighted by molar-refractivity contribution is -0.119. The average molecular weight is 270 g/mol. The molecular formula is C16H18N2O2. The molecule has 0 saturated heterocycles. The second kappa shape index (κ2) is 5.19. The maximum Gasteiger partial charge on any atom is 0.234 e. The molecule has 20 heavy (non-hydrogen) atoms. The first-order valence-electron chi connectivity index (χ1n) is 7.05. The Bertz CT molecular complexity index is 631. The summed E-state index contributed by atoms with van der Waals surface area (Å²) in [6, 6.07) is 8.29. The van der Waals surface area contributed by atoms with E-state index < -0.39 is 0 Å². The van der Waals surface area contributed by atoms with Gasteiger partial charge in [-0.05, 0) is 23.5 Å². The topological polar surface area (TPSA) is 56.0 Å². The summed E-state index contributed by atoms with van der Waals surface area (Å²) < 4.78 is 5.21. The summed E-state index contributed by atoms with van der Waals surface area (Å²) in [5, 5.41) is 4.03. The summed E-state index contributed by atoms with van der Waals surface area (Å²) in [5.41, 5.74) is 2.62. The lowest BCUT2D eigenvalue weighted by Gasteiger charge is -2.27. The molecule has 4 nitrogen and oxygen atoms in total. The minimum atomic E-state index is 0.157. The molecule has 1 atom stereocenters. The van der Waals surface area contributed by atoms with Crippen LogP contribution in [-0.2, 0) is 17.6 Å². The highest BCUT2D eigenvalue weighted by Gasteiger charge is 2.31. The van der Waals surface area contributed by atoms with E-state index in [9.17, 15) is 4.79 Å². The lowest BCUT2D eigenvalue weighted by Crippen LogP contribution is -2.19. The highest BCUT2D eigenvalue weighted by molar-refractivity contribution is 5.80. The van der Waals surface area contributed by atoms with Gasteiger partial charge in [-0.1, -0.05) is 43.3 Å². The van der Waals surface area contributed by atoms with Gasteiger partial charge in [0.05, 0.1) is 12.3 Å². The number of nitrogens with zero attached hydrogens (tertiary/aromatic N) is 2. The van der Waals surface area contributed by atoms with Gasteiger partial charge in [-0.15, -0.1) is 0 Å². The van der Waals surface area contributed by atoms with Gasteiger partial charge in [0.25, 0.3) is 0 Å². The predicted molar refractivity (Wildman–Crippen MR) is 74.5 cm³/mol. The molecule has 3 rings (SSSR count). The summed E-state index contributed by atoms with van der Waals surface area (Å²) in [6.07, 6.45) is 1.76. The van der Waals surface area contributed by atoms with Crippen molar-refractivity contribution in [1.29, 1.82) is 0 Å². The number of hydrogen-bond acceptors (Lipinski definition) is 4. The lowest BCUT2D eigenvalue weighted by atomic mass is 9.77. The second-order valence-corrected chi connectivity index (χ2v) is 5.82. The van der Waals surface area contributed by atoms with Gasteiger partial charge in [0, 0.05) is 6.42 Å². The third kappa shape index (κ3) is 2.50. The molecule has 1 aliphatic rings. The highest BCUT2D eigenvalue weighted by Crippen LogP contribution is 2.38. The van der Waals surface area contributed by atoms with Gasteiger partial charge in [0.15, 0.2) is 5.82 Å². The molecule has 1 unspecified atom stereocenters. The van der Waals surface area contributed by atoms with E-state index in [4.69, 9.17) is 4.52 Å². The highest BCUT2D eigenvalue weighted by atomic mass is 16.5. The van der Waals surface area contributed by atoms with Gasteiger partial charge < -0.3 is 4.52 Å². The van der Waals surface area contributed by atoms with Crippen LogP contribution in [0.1, 0.15) is 49.0 Å². The van der Waals surface area contributed by atoms with Crippen LogP contribution in [0.2, 0.25) is 0 Å². The van der Waals surface area contributed by atoms with E-state index in [1.165, 1.54) is 11.1 Å². The zero-order valence-electron chi connectivity index (χ0n) is 11.8. The molecule has 104 valence electrons. The molecule has 0 aliphatic heterocycles. The number of rotatable bonds is 5. The van der Waals surface area contributed by atoms with Crippen molar-refractivity contribution in [2.24, 2.45) is 5.92 Å². The number of Topliss-reactive ketones (excluding diaryl/α,β-unsaturated/α-hetero) is 1. The molecule has 1 aromatic heterocycles. The minimum absolute atomic E-state index is 0.157. The molecule has 0 amide bonds. The molecule has 4 heteroatoms. The van der Waals surface area contributed by atoms with Crippen LogP contribution in [0.5, 0.6) is 0 Å². The Kier molecular flexibility index (Phi) is 3.38. The fourth-order valence-electron chi connectivity index (χ4n) is 2.67. The largest absolute Gasteiger partial charge is 0.339 e. The Labute approximate surface area is 118 Å². The number of ketones is 1. The molecule has 0 spiro atoms. The Morgan fingerprint density at radius 2 is 2.20 bits per heavy atom. The molecule has 0 radical (unpaired) electrons. The fraction of sp³-hybridized carbons (Fsp3) is 0.438. The number of fused-ring (bicyclic) bond motifs is 1. The molecule has 1 heterocycles. The van der Waals surface area contributed by atoms with E-state index in [1.807, 2.05) is 26.0 Å². The molecule has 0 N–H and O–H groups in total. The Balaban J connectivity index is 1.68. The number of carbonyl (C=O) groups is 1. The van der Waals surface area contributed by atoms with Crippen LogP contribution >= 0.6 is 0 Å². The number of aromatic nitrogens is 2. The summed E-state index contributed by atoms with van der Waals surface area (Å²) >= 11 is 0. The van der Waals surface area contributed by atoms with E-state index in [1.54, 1.807) is 0 Å². The Morgan fingerprint density at radius 3 is 2.95 bits per heavy atom. The van der Waals surface area contributed by atoms with Crippen molar-refractivity contribution < 1.29 is 9.32 Å². The summed E-state index contributed by atoms with van der Waals surface area (Å²) in [6.45, 7) is 4.06.